The Balaban J connectivity index is 1.46. The van der Waals surface area contributed by atoms with E-state index in [1.54, 1.807) is 0 Å². The first-order valence-electron chi connectivity index (χ1n) is 11.4. The SMILES string of the molecule is COC(=O)[C@@]1(N)CCC[C@H]2C[C@@H](OCc3ccccc3)[C@@H](COCc3ccccc3)O[C@@H]21. The molecule has 5 atom stereocenters. The van der Waals surface area contributed by atoms with Crippen molar-refractivity contribution < 1.29 is 23.7 Å². The average Bonchev–Trinajstić information content (AvgIpc) is 2.84. The molecule has 0 unspecified atom stereocenters. The van der Waals surface area contributed by atoms with Gasteiger partial charge < -0.3 is 24.7 Å². The molecule has 1 aliphatic heterocycles. The highest BCUT2D eigenvalue weighted by Gasteiger charge is 2.54. The number of carbonyl (C=O) groups excluding carboxylic acids is 1. The van der Waals surface area contributed by atoms with Crippen LogP contribution in [0.1, 0.15) is 36.8 Å². The largest absolute Gasteiger partial charge is 0.468 e. The number of hydrogen-bond donors (Lipinski definition) is 1. The number of ether oxygens (including phenoxy) is 4. The Morgan fingerprint density at radius 2 is 1.72 bits per heavy atom. The molecule has 2 aliphatic rings. The molecule has 4 rings (SSSR count). The van der Waals surface area contributed by atoms with Gasteiger partial charge >= 0.3 is 5.97 Å². The number of rotatable bonds is 8. The predicted molar refractivity (Wildman–Crippen MR) is 121 cm³/mol. The molecule has 0 radical (unpaired) electrons. The van der Waals surface area contributed by atoms with E-state index in [-0.39, 0.29) is 18.1 Å². The minimum absolute atomic E-state index is 0.132. The van der Waals surface area contributed by atoms with E-state index in [1.165, 1.54) is 7.11 Å². The van der Waals surface area contributed by atoms with Crippen molar-refractivity contribution in [2.45, 2.75) is 62.7 Å². The van der Waals surface area contributed by atoms with E-state index in [4.69, 9.17) is 24.7 Å². The normalized spacial score (nSPS) is 29.8. The summed E-state index contributed by atoms with van der Waals surface area (Å²) >= 11 is 0. The van der Waals surface area contributed by atoms with E-state index in [0.717, 1.165) is 30.4 Å². The molecule has 1 saturated heterocycles. The van der Waals surface area contributed by atoms with E-state index in [1.807, 2.05) is 48.5 Å². The molecule has 6 nitrogen and oxygen atoms in total. The van der Waals surface area contributed by atoms with Crippen LogP contribution < -0.4 is 5.73 Å². The van der Waals surface area contributed by atoms with Gasteiger partial charge in [0.1, 0.15) is 11.6 Å². The maximum Gasteiger partial charge on any atom is 0.328 e. The summed E-state index contributed by atoms with van der Waals surface area (Å²) in [6, 6.07) is 20.1. The van der Waals surface area contributed by atoms with Crippen molar-refractivity contribution in [1.82, 2.24) is 0 Å². The highest BCUT2D eigenvalue weighted by molar-refractivity contribution is 5.81. The maximum absolute atomic E-state index is 12.6. The fraction of sp³-hybridized carbons (Fsp3) is 0.500. The lowest BCUT2D eigenvalue weighted by Gasteiger charge is -2.50. The zero-order chi connectivity index (χ0) is 22.4. The average molecular weight is 440 g/mol. The molecule has 1 aliphatic carbocycles. The second-order valence-electron chi connectivity index (χ2n) is 8.85. The lowest BCUT2D eigenvalue weighted by atomic mass is 9.70. The number of esters is 1. The summed E-state index contributed by atoms with van der Waals surface area (Å²) < 4.78 is 23.9. The predicted octanol–water partition coefficient (Wildman–Crippen LogP) is 3.62. The van der Waals surface area contributed by atoms with E-state index in [2.05, 4.69) is 12.1 Å². The molecule has 1 saturated carbocycles. The molecule has 172 valence electrons. The third-order valence-corrected chi connectivity index (χ3v) is 6.64. The number of carbonyl (C=O) groups is 1. The molecule has 0 spiro atoms. The van der Waals surface area contributed by atoms with Gasteiger partial charge in [0.2, 0.25) is 0 Å². The first-order chi connectivity index (χ1) is 15.6. The monoisotopic (exact) mass is 439 g/mol. The Morgan fingerprint density at radius 1 is 1.06 bits per heavy atom. The minimum atomic E-state index is -1.13. The number of hydrogen-bond acceptors (Lipinski definition) is 6. The highest BCUT2D eigenvalue weighted by Crippen LogP contribution is 2.42. The molecule has 0 aromatic heterocycles. The molecule has 1 heterocycles. The van der Waals surface area contributed by atoms with Gasteiger partial charge in [0.15, 0.2) is 0 Å². The van der Waals surface area contributed by atoms with Crippen molar-refractivity contribution in [2.75, 3.05) is 13.7 Å². The van der Waals surface area contributed by atoms with Crippen molar-refractivity contribution in [2.24, 2.45) is 11.7 Å². The van der Waals surface area contributed by atoms with E-state index in [0.29, 0.717) is 26.2 Å². The number of methoxy groups -OCH3 is 1. The van der Waals surface area contributed by atoms with Gasteiger partial charge in [-0.2, -0.15) is 0 Å². The zero-order valence-electron chi connectivity index (χ0n) is 18.7. The van der Waals surface area contributed by atoms with Crippen LogP contribution in [0.25, 0.3) is 0 Å². The van der Waals surface area contributed by atoms with Crippen LogP contribution in [0.15, 0.2) is 60.7 Å². The number of fused-ring (bicyclic) bond motifs is 1. The Bertz CT molecular complexity index is 861. The first kappa shape index (κ1) is 22.9. The van der Waals surface area contributed by atoms with Crippen LogP contribution in [0.2, 0.25) is 0 Å². The summed E-state index contributed by atoms with van der Waals surface area (Å²) in [5.41, 5.74) is 7.67. The van der Waals surface area contributed by atoms with E-state index in [9.17, 15) is 4.79 Å². The fourth-order valence-corrected chi connectivity index (χ4v) is 4.95. The van der Waals surface area contributed by atoms with Crippen molar-refractivity contribution in [3.05, 3.63) is 71.8 Å². The third-order valence-electron chi connectivity index (χ3n) is 6.64. The standard InChI is InChI=1S/C26H33NO5/c1-29-25(28)26(27)14-8-13-21-15-22(31-17-20-11-6-3-7-12-20)23(32-24(21)26)18-30-16-19-9-4-2-5-10-19/h2-7,9-12,21-24H,8,13-18,27H2,1H3/t21-,22+,23+,24-,26+/m0/s1. The van der Waals surface area contributed by atoms with Gasteiger partial charge in [-0.05, 0) is 36.3 Å². The topological polar surface area (TPSA) is 80.0 Å². The third kappa shape index (κ3) is 5.21. The van der Waals surface area contributed by atoms with Gasteiger partial charge in [0, 0.05) is 0 Å². The van der Waals surface area contributed by atoms with Crippen LogP contribution in [0.3, 0.4) is 0 Å². The molecular weight excluding hydrogens is 406 g/mol. The maximum atomic E-state index is 12.6. The van der Waals surface area contributed by atoms with Gasteiger partial charge in [-0.25, -0.2) is 4.79 Å². The van der Waals surface area contributed by atoms with Crippen LogP contribution in [0, 0.1) is 5.92 Å². The molecule has 6 heteroatoms. The molecule has 0 amide bonds. The highest BCUT2D eigenvalue weighted by atomic mass is 16.6. The van der Waals surface area contributed by atoms with Gasteiger partial charge in [-0.3, -0.25) is 0 Å². The summed E-state index contributed by atoms with van der Waals surface area (Å²) in [7, 11) is 1.38. The van der Waals surface area contributed by atoms with Crippen LogP contribution in [-0.4, -0.2) is 43.5 Å². The summed E-state index contributed by atoms with van der Waals surface area (Å²) in [6.07, 6.45) is 2.34. The number of nitrogens with two attached hydrogens (primary N) is 1. The van der Waals surface area contributed by atoms with Crippen LogP contribution in [0.4, 0.5) is 0 Å². The van der Waals surface area contributed by atoms with Crippen LogP contribution in [-0.2, 0) is 37.0 Å². The van der Waals surface area contributed by atoms with Crippen molar-refractivity contribution in [1.29, 1.82) is 0 Å². The fourth-order valence-electron chi connectivity index (χ4n) is 4.95. The van der Waals surface area contributed by atoms with Crippen molar-refractivity contribution >= 4 is 5.97 Å². The second-order valence-corrected chi connectivity index (χ2v) is 8.85. The quantitative estimate of drug-likeness (QED) is 0.633. The molecule has 32 heavy (non-hydrogen) atoms. The van der Waals surface area contributed by atoms with Crippen LogP contribution in [0.5, 0.6) is 0 Å². The number of benzene rings is 2. The first-order valence-corrected chi connectivity index (χ1v) is 11.4. The van der Waals surface area contributed by atoms with Crippen molar-refractivity contribution in [3.8, 4) is 0 Å². The summed E-state index contributed by atoms with van der Waals surface area (Å²) in [4.78, 5) is 12.6. The Hall–Kier alpha value is -2.25. The summed E-state index contributed by atoms with van der Waals surface area (Å²) in [6.45, 7) is 1.37. The zero-order valence-corrected chi connectivity index (χ0v) is 18.7. The molecule has 2 fully saturated rings. The molecule has 0 bridgehead atoms. The minimum Gasteiger partial charge on any atom is -0.468 e. The van der Waals surface area contributed by atoms with Gasteiger partial charge in [-0.1, -0.05) is 67.1 Å². The van der Waals surface area contributed by atoms with E-state index < -0.39 is 17.6 Å². The lowest BCUT2D eigenvalue weighted by molar-refractivity contribution is -0.216. The molecule has 2 aromatic carbocycles. The van der Waals surface area contributed by atoms with Gasteiger partial charge in [0.25, 0.3) is 0 Å². The lowest BCUT2D eigenvalue weighted by Crippen LogP contribution is -2.66. The Morgan fingerprint density at radius 3 is 2.38 bits per heavy atom. The Labute approximate surface area is 190 Å². The van der Waals surface area contributed by atoms with Gasteiger partial charge in [0.05, 0.1) is 39.1 Å². The molecule has 2 aromatic rings. The van der Waals surface area contributed by atoms with Gasteiger partial charge in [-0.15, -0.1) is 0 Å². The molecule has 2 N–H and O–H groups in total. The smallest absolute Gasteiger partial charge is 0.328 e. The molecular formula is C26H33NO5. The van der Waals surface area contributed by atoms with E-state index >= 15 is 0 Å². The van der Waals surface area contributed by atoms with Crippen LogP contribution >= 0.6 is 0 Å². The van der Waals surface area contributed by atoms with Crippen molar-refractivity contribution in [3.63, 3.8) is 0 Å². The second kappa shape index (κ2) is 10.6. The summed E-state index contributed by atoms with van der Waals surface area (Å²) in [5.74, 6) is -0.251. The Kier molecular flexibility index (Phi) is 7.58. The summed E-state index contributed by atoms with van der Waals surface area (Å²) in [5, 5.41) is 0.